The monoisotopic (exact) mass is 426 g/mol. The molecular weight excluding hydrogens is 399 g/mol. The van der Waals surface area contributed by atoms with Crippen LogP contribution in [-0.2, 0) is 22.5 Å². The highest BCUT2D eigenvalue weighted by Gasteiger charge is 2.31. The highest BCUT2D eigenvalue weighted by molar-refractivity contribution is 5.94. The molecule has 7 nitrogen and oxygen atoms in total. The molecule has 2 fully saturated rings. The van der Waals surface area contributed by atoms with E-state index in [-0.39, 0.29) is 30.3 Å². The number of rotatable bonds is 6. The zero-order valence-electron chi connectivity index (χ0n) is 17.4. The first-order chi connectivity index (χ1) is 15.1. The highest BCUT2D eigenvalue weighted by Crippen LogP contribution is 2.24. The average molecular weight is 426 g/mol. The Morgan fingerprint density at radius 2 is 2.00 bits per heavy atom. The van der Waals surface area contributed by atoms with Crippen LogP contribution in [0.2, 0.25) is 0 Å². The first-order valence-electron chi connectivity index (χ1n) is 10.8. The second kappa shape index (κ2) is 9.96. The topological polar surface area (TPSA) is 84.4 Å². The number of carbonyl (C=O) groups excluding carboxylic acids is 2. The third-order valence-corrected chi connectivity index (χ3v) is 6.05. The molecule has 2 amide bonds. The van der Waals surface area contributed by atoms with Gasteiger partial charge in [0.2, 0.25) is 0 Å². The van der Waals surface area contributed by atoms with Gasteiger partial charge >= 0.3 is 0 Å². The summed E-state index contributed by atoms with van der Waals surface area (Å²) < 4.78 is 19.3. The number of hydrogen-bond donors (Lipinski definition) is 1. The minimum Gasteiger partial charge on any atom is -0.368 e. The molecule has 0 bridgehead atoms. The summed E-state index contributed by atoms with van der Waals surface area (Å²) in [5.74, 6) is -0.228. The van der Waals surface area contributed by atoms with E-state index in [9.17, 15) is 14.0 Å². The van der Waals surface area contributed by atoms with Crippen molar-refractivity contribution in [2.45, 2.75) is 44.8 Å². The summed E-state index contributed by atoms with van der Waals surface area (Å²) in [6, 6.07) is 6.36. The molecule has 2 aliphatic rings. The maximum Gasteiger partial charge on any atom is 0.254 e. The first-order valence-corrected chi connectivity index (χ1v) is 10.8. The number of nitrogens with one attached hydrogen (secondary N) is 1. The third-order valence-electron chi connectivity index (χ3n) is 6.05. The fraction of sp³-hybridized carbons (Fsp3) is 0.478. The molecule has 2 saturated heterocycles. The molecule has 1 aromatic heterocycles. The number of halogens is 1. The van der Waals surface area contributed by atoms with Crippen molar-refractivity contribution in [3.63, 3.8) is 0 Å². The van der Waals surface area contributed by atoms with Crippen LogP contribution in [0.5, 0.6) is 0 Å². The van der Waals surface area contributed by atoms with Gasteiger partial charge in [0.15, 0.2) is 0 Å². The van der Waals surface area contributed by atoms with Crippen LogP contribution in [-0.4, -0.2) is 52.5 Å². The van der Waals surface area contributed by atoms with Crippen LogP contribution in [0.25, 0.3) is 0 Å². The van der Waals surface area contributed by atoms with E-state index in [1.807, 2.05) is 4.90 Å². The van der Waals surface area contributed by atoms with Gasteiger partial charge in [-0.05, 0) is 44.1 Å². The summed E-state index contributed by atoms with van der Waals surface area (Å²) >= 11 is 0. The van der Waals surface area contributed by atoms with Gasteiger partial charge < -0.3 is 15.0 Å². The quantitative estimate of drug-likeness (QED) is 0.767. The van der Waals surface area contributed by atoms with Crippen molar-refractivity contribution in [1.82, 2.24) is 20.2 Å². The third kappa shape index (κ3) is 5.25. The van der Waals surface area contributed by atoms with Crippen LogP contribution in [0.1, 0.15) is 47.3 Å². The average Bonchev–Trinajstić information content (AvgIpc) is 3.34. The molecule has 8 heteroatoms. The molecule has 0 saturated carbocycles. The molecule has 2 aromatic rings. The maximum absolute atomic E-state index is 13.8. The zero-order chi connectivity index (χ0) is 21.6. The van der Waals surface area contributed by atoms with Crippen LogP contribution in [0, 0.1) is 11.7 Å². The second-order valence-electron chi connectivity index (χ2n) is 8.13. The van der Waals surface area contributed by atoms with Crippen molar-refractivity contribution in [2.24, 2.45) is 5.92 Å². The smallest absolute Gasteiger partial charge is 0.254 e. The molecule has 164 valence electrons. The molecule has 1 aromatic carbocycles. The maximum atomic E-state index is 13.8. The Bertz CT molecular complexity index is 925. The van der Waals surface area contributed by atoms with Gasteiger partial charge in [-0.25, -0.2) is 14.4 Å². The number of likely N-dealkylation sites (tertiary alicyclic amines) is 1. The van der Waals surface area contributed by atoms with Crippen LogP contribution in [0.4, 0.5) is 4.39 Å². The Morgan fingerprint density at radius 1 is 1.19 bits per heavy atom. The molecule has 3 heterocycles. The number of nitrogens with zero attached hydrogens (tertiary/aromatic N) is 3. The lowest BCUT2D eigenvalue weighted by atomic mass is 9.90. The van der Waals surface area contributed by atoms with Gasteiger partial charge in [-0.15, -0.1) is 0 Å². The predicted molar refractivity (Wildman–Crippen MR) is 112 cm³/mol. The summed E-state index contributed by atoms with van der Waals surface area (Å²) in [5.41, 5.74) is 1.53. The normalized spacial score (nSPS) is 19.4. The molecule has 2 aliphatic heterocycles. The van der Waals surface area contributed by atoms with Crippen molar-refractivity contribution in [2.75, 3.05) is 19.7 Å². The number of piperidine rings is 1. The molecule has 4 rings (SSSR count). The van der Waals surface area contributed by atoms with Crippen molar-refractivity contribution in [1.29, 1.82) is 0 Å². The van der Waals surface area contributed by atoms with Gasteiger partial charge in [-0.3, -0.25) is 9.59 Å². The number of amides is 2. The first kappa shape index (κ1) is 21.4. The molecular formula is C23H27FN4O3. The lowest BCUT2D eigenvalue weighted by Gasteiger charge is -2.33. The van der Waals surface area contributed by atoms with Gasteiger partial charge in [-0.2, -0.15) is 0 Å². The van der Waals surface area contributed by atoms with Crippen molar-refractivity contribution in [3.05, 3.63) is 59.4 Å². The van der Waals surface area contributed by atoms with Gasteiger partial charge in [0, 0.05) is 38.0 Å². The Kier molecular flexibility index (Phi) is 6.86. The fourth-order valence-electron chi connectivity index (χ4n) is 4.23. The van der Waals surface area contributed by atoms with Gasteiger partial charge in [0.1, 0.15) is 18.2 Å². The lowest BCUT2D eigenvalue weighted by Crippen LogP contribution is -2.44. The van der Waals surface area contributed by atoms with E-state index in [1.54, 1.807) is 18.2 Å². The van der Waals surface area contributed by atoms with Gasteiger partial charge in [0.25, 0.3) is 11.8 Å². The standard InChI is InChI=1S/C23H27FN4O3/c24-19-5-2-1-4-17(19)13-26-22(29)18-14-25-15-27-20(18)12-16-7-9-28(10-8-16)23(30)21-6-3-11-31-21/h1-2,4-5,14-16,21H,3,6-13H2,(H,26,29)/t21-/m1/s1. The van der Waals surface area contributed by atoms with Crippen LogP contribution in [0.15, 0.2) is 36.8 Å². The van der Waals surface area contributed by atoms with E-state index in [2.05, 4.69) is 15.3 Å². The molecule has 1 N–H and O–H groups in total. The molecule has 0 aliphatic carbocycles. The highest BCUT2D eigenvalue weighted by atomic mass is 19.1. The molecule has 0 radical (unpaired) electrons. The second-order valence-corrected chi connectivity index (χ2v) is 8.13. The van der Waals surface area contributed by atoms with Crippen molar-refractivity contribution < 1.29 is 18.7 Å². The zero-order valence-corrected chi connectivity index (χ0v) is 17.4. The number of benzene rings is 1. The minimum absolute atomic E-state index is 0.101. The number of ether oxygens (including phenoxy) is 1. The Morgan fingerprint density at radius 3 is 2.74 bits per heavy atom. The van der Waals surface area contributed by atoms with E-state index in [0.29, 0.717) is 48.9 Å². The number of carbonyl (C=O) groups is 2. The van der Waals surface area contributed by atoms with E-state index in [4.69, 9.17) is 4.74 Å². The van der Waals surface area contributed by atoms with E-state index < -0.39 is 0 Å². The van der Waals surface area contributed by atoms with Crippen molar-refractivity contribution in [3.8, 4) is 0 Å². The number of aromatic nitrogens is 2. The van der Waals surface area contributed by atoms with E-state index in [1.165, 1.54) is 18.6 Å². The summed E-state index contributed by atoms with van der Waals surface area (Å²) in [4.78, 5) is 35.5. The van der Waals surface area contributed by atoms with Crippen LogP contribution >= 0.6 is 0 Å². The lowest BCUT2D eigenvalue weighted by molar-refractivity contribution is -0.142. The summed E-state index contributed by atoms with van der Waals surface area (Å²) in [5, 5.41) is 2.76. The SMILES string of the molecule is O=C(NCc1ccccc1F)c1cncnc1CC1CCN(C(=O)[C@H]2CCCO2)CC1. The summed E-state index contributed by atoms with van der Waals surface area (Å²) in [7, 11) is 0. The van der Waals surface area contributed by atoms with E-state index in [0.717, 1.165) is 25.7 Å². The predicted octanol–water partition coefficient (Wildman–Crippen LogP) is 2.51. The number of hydrogen-bond acceptors (Lipinski definition) is 5. The van der Waals surface area contributed by atoms with Crippen LogP contribution in [0.3, 0.4) is 0 Å². The van der Waals surface area contributed by atoms with Gasteiger partial charge in [-0.1, -0.05) is 18.2 Å². The summed E-state index contributed by atoms with van der Waals surface area (Å²) in [6.45, 7) is 2.17. The molecule has 0 unspecified atom stereocenters. The van der Waals surface area contributed by atoms with E-state index >= 15 is 0 Å². The largest absolute Gasteiger partial charge is 0.368 e. The molecule has 0 spiro atoms. The Labute approximate surface area is 181 Å². The van der Waals surface area contributed by atoms with Crippen LogP contribution < -0.4 is 5.32 Å². The van der Waals surface area contributed by atoms with Gasteiger partial charge in [0.05, 0.1) is 11.3 Å². The van der Waals surface area contributed by atoms with Crippen molar-refractivity contribution >= 4 is 11.8 Å². The molecule has 31 heavy (non-hydrogen) atoms. The Hall–Kier alpha value is -2.87. The Balaban J connectivity index is 1.33. The molecule has 1 atom stereocenters. The fourth-order valence-corrected chi connectivity index (χ4v) is 4.23. The summed E-state index contributed by atoms with van der Waals surface area (Å²) in [6.07, 6.45) is 6.80. The minimum atomic E-state index is -0.350.